The van der Waals surface area contributed by atoms with E-state index >= 15 is 0 Å². The second kappa shape index (κ2) is 9.05. The topological polar surface area (TPSA) is 114 Å². The van der Waals surface area contributed by atoms with Gasteiger partial charge in [0.2, 0.25) is 0 Å². The maximum atomic E-state index is 11.0. The third-order valence-corrected chi connectivity index (χ3v) is 6.76. The Morgan fingerprint density at radius 1 is 1.11 bits per heavy atom. The van der Waals surface area contributed by atoms with E-state index in [1.807, 2.05) is 12.1 Å². The molecule has 0 radical (unpaired) electrons. The number of nitrogens with zero attached hydrogens (tertiary/aromatic N) is 2. The van der Waals surface area contributed by atoms with Gasteiger partial charge in [0, 0.05) is 32.2 Å². The zero-order valence-corrected chi connectivity index (χ0v) is 17.6. The summed E-state index contributed by atoms with van der Waals surface area (Å²) in [6, 6.07) is 5.41. The van der Waals surface area contributed by atoms with Gasteiger partial charge < -0.3 is 27.4 Å². The molecular formula is C19H30Cl2N6O. The van der Waals surface area contributed by atoms with Crippen LogP contribution in [0.2, 0.25) is 10.0 Å². The molecule has 0 bridgehead atoms. The molecule has 156 valence electrons. The number of hydrogen-bond donors (Lipinski definition) is 4. The summed E-state index contributed by atoms with van der Waals surface area (Å²) in [6.07, 6.45) is 4.59. The Kier molecular flexibility index (Phi) is 6.94. The van der Waals surface area contributed by atoms with Crippen molar-refractivity contribution in [3.05, 3.63) is 28.2 Å². The van der Waals surface area contributed by atoms with Gasteiger partial charge in [-0.15, -0.1) is 0 Å². The first-order valence-corrected chi connectivity index (χ1v) is 10.6. The number of primary amides is 1. The van der Waals surface area contributed by atoms with Crippen molar-refractivity contribution in [1.82, 2.24) is 10.2 Å². The van der Waals surface area contributed by atoms with Crippen LogP contribution in [-0.2, 0) is 0 Å². The Morgan fingerprint density at radius 2 is 1.75 bits per heavy atom. The van der Waals surface area contributed by atoms with E-state index in [0.717, 1.165) is 64.0 Å². The average molecular weight is 429 g/mol. The average Bonchev–Trinajstić information content (AvgIpc) is 2.65. The molecule has 2 fully saturated rings. The van der Waals surface area contributed by atoms with E-state index in [-0.39, 0.29) is 6.04 Å². The predicted octanol–water partition coefficient (Wildman–Crippen LogP) is 2.30. The van der Waals surface area contributed by atoms with Crippen LogP contribution in [0.1, 0.15) is 32.1 Å². The van der Waals surface area contributed by atoms with E-state index in [1.165, 1.54) is 0 Å². The van der Waals surface area contributed by atoms with Crippen molar-refractivity contribution in [2.24, 2.45) is 23.1 Å². The summed E-state index contributed by atoms with van der Waals surface area (Å²) in [4.78, 5) is 15.4. The van der Waals surface area contributed by atoms with Crippen LogP contribution in [0.5, 0.6) is 0 Å². The first-order chi connectivity index (χ1) is 13.3. The maximum Gasteiger partial charge on any atom is 0.312 e. The fourth-order valence-electron chi connectivity index (χ4n) is 4.40. The van der Waals surface area contributed by atoms with E-state index in [4.69, 9.17) is 40.4 Å². The zero-order valence-electron chi connectivity index (χ0n) is 16.0. The third kappa shape index (κ3) is 5.21. The van der Waals surface area contributed by atoms with Crippen LogP contribution in [0, 0.1) is 5.92 Å². The van der Waals surface area contributed by atoms with Crippen molar-refractivity contribution in [2.45, 2.75) is 43.9 Å². The molecule has 9 heteroatoms. The van der Waals surface area contributed by atoms with Gasteiger partial charge in [0.25, 0.3) is 0 Å². The van der Waals surface area contributed by atoms with Crippen LogP contribution in [0.3, 0.4) is 0 Å². The summed E-state index contributed by atoms with van der Waals surface area (Å²) in [5.41, 5.74) is 19.2. The number of nitrogens with two attached hydrogens (primary N) is 3. The molecular weight excluding hydrogens is 399 g/mol. The molecule has 1 aliphatic carbocycles. The van der Waals surface area contributed by atoms with Crippen molar-refractivity contribution >= 4 is 34.9 Å². The second-order valence-electron chi connectivity index (χ2n) is 7.97. The highest BCUT2D eigenvalue weighted by Crippen LogP contribution is 2.34. The largest absolute Gasteiger partial charge is 0.368 e. The number of carbonyl (C=O) groups excluding carboxylic acids is 1. The molecule has 1 aromatic carbocycles. The van der Waals surface area contributed by atoms with Gasteiger partial charge in [0.1, 0.15) is 5.79 Å². The molecule has 0 spiro atoms. The molecule has 0 aromatic heterocycles. The molecule has 1 saturated carbocycles. The number of urea groups is 1. The van der Waals surface area contributed by atoms with E-state index < -0.39 is 11.8 Å². The van der Waals surface area contributed by atoms with E-state index in [0.29, 0.717) is 16.0 Å². The van der Waals surface area contributed by atoms with Gasteiger partial charge in [0.05, 0.1) is 15.7 Å². The molecule has 0 unspecified atom stereocenters. The lowest BCUT2D eigenvalue weighted by molar-refractivity contribution is 0.0575. The predicted molar refractivity (Wildman–Crippen MR) is 114 cm³/mol. The lowest BCUT2D eigenvalue weighted by Crippen LogP contribution is -2.68. The number of anilines is 1. The fraction of sp³-hybridized carbons (Fsp3) is 0.632. The summed E-state index contributed by atoms with van der Waals surface area (Å²) in [5, 5.41) is 3.95. The molecule has 1 aromatic rings. The van der Waals surface area contributed by atoms with Crippen LogP contribution in [0.25, 0.3) is 0 Å². The van der Waals surface area contributed by atoms with E-state index in [2.05, 4.69) is 15.1 Å². The number of nitrogens with one attached hydrogen (secondary N) is 1. The molecule has 3 rings (SSSR count). The monoisotopic (exact) mass is 428 g/mol. The third-order valence-electron chi connectivity index (χ3n) is 5.95. The Balaban J connectivity index is 1.51. The number of carbonyl (C=O) groups is 1. The van der Waals surface area contributed by atoms with Gasteiger partial charge in [-0.25, -0.2) is 4.79 Å². The zero-order chi connectivity index (χ0) is 20.3. The summed E-state index contributed by atoms with van der Waals surface area (Å²) < 4.78 is 0. The fourth-order valence-corrected chi connectivity index (χ4v) is 4.82. The highest BCUT2D eigenvalue weighted by molar-refractivity contribution is 6.43. The Morgan fingerprint density at radius 3 is 2.36 bits per heavy atom. The van der Waals surface area contributed by atoms with Crippen LogP contribution < -0.4 is 27.4 Å². The van der Waals surface area contributed by atoms with Gasteiger partial charge in [-0.3, -0.25) is 4.90 Å². The van der Waals surface area contributed by atoms with Crippen molar-refractivity contribution in [3.8, 4) is 0 Å². The molecule has 1 saturated heterocycles. The first kappa shape index (κ1) is 21.5. The van der Waals surface area contributed by atoms with Crippen molar-refractivity contribution in [3.63, 3.8) is 0 Å². The minimum absolute atomic E-state index is 0.171. The molecule has 28 heavy (non-hydrogen) atoms. The molecule has 1 heterocycles. The van der Waals surface area contributed by atoms with Gasteiger partial charge in [0.15, 0.2) is 0 Å². The normalized spacial score (nSPS) is 24.2. The number of rotatable bonds is 5. The van der Waals surface area contributed by atoms with E-state index in [9.17, 15) is 4.79 Å². The van der Waals surface area contributed by atoms with Crippen LogP contribution in [0.4, 0.5) is 10.5 Å². The number of hydrogen-bond acceptors (Lipinski definition) is 5. The van der Waals surface area contributed by atoms with Gasteiger partial charge in [-0.2, -0.15) is 0 Å². The molecule has 7 N–H and O–H groups in total. The quantitative estimate of drug-likeness (QED) is 0.537. The standard InChI is InChI=1S/C19H30Cl2N6O/c20-15-2-1-3-16(17(15)21)26-8-10-27(11-9-26)19(23,24)12-13-4-6-14(7-5-13)25-18(22)28/h1-3,13-14H,4-12,23-24H2,(H3,22,25,28). The Hall–Kier alpha value is -1.25. The van der Waals surface area contributed by atoms with Gasteiger partial charge in [-0.05, 0) is 50.2 Å². The maximum absolute atomic E-state index is 11.0. The highest BCUT2D eigenvalue weighted by Gasteiger charge is 2.35. The summed E-state index contributed by atoms with van der Waals surface area (Å²) in [5.74, 6) is -0.375. The van der Waals surface area contributed by atoms with Crippen LogP contribution in [0.15, 0.2) is 18.2 Å². The second-order valence-corrected chi connectivity index (χ2v) is 8.75. The molecule has 7 nitrogen and oxygen atoms in total. The summed E-state index contributed by atoms with van der Waals surface area (Å²) in [7, 11) is 0. The van der Waals surface area contributed by atoms with Gasteiger partial charge >= 0.3 is 6.03 Å². The first-order valence-electron chi connectivity index (χ1n) is 9.84. The highest BCUT2D eigenvalue weighted by atomic mass is 35.5. The Bertz CT molecular complexity index is 685. The van der Waals surface area contributed by atoms with Gasteiger partial charge in [-0.1, -0.05) is 29.3 Å². The smallest absolute Gasteiger partial charge is 0.312 e. The molecule has 2 amide bonds. The lowest BCUT2D eigenvalue weighted by Gasteiger charge is -2.46. The molecule has 2 aliphatic rings. The minimum Gasteiger partial charge on any atom is -0.368 e. The SMILES string of the molecule is NC(=O)NC1CCC(CC(N)(N)N2CCN(c3cccc(Cl)c3Cl)CC2)CC1. The number of benzene rings is 1. The summed E-state index contributed by atoms with van der Waals surface area (Å²) >= 11 is 12.5. The number of piperazine rings is 1. The van der Waals surface area contributed by atoms with Crippen molar-refractivity contribution < 1.29 is 4.79 Å². The van der Waals surface area contributed by atoms with E-state index in [1.54, 1.807) is 6.07 Å². The molecule has 1 aliphatic heterocycles. The lowest BCUT2D eigenvalue weighted by atomic mass is 9.82. The number of halogens is 2. The minimum atomic E-state index is -0.834. The Labute approximate surface area is 176 Å². The van der Waals surface area contributed by atoms with Crippen LogP contribution in [-0.4, -0.2) is 48.9 Å². The number of amides is 2. The van der Waals surface area contributed by atoms with Crippen molar-refractivity contribution in [2.75, 3.05) is 31.1 Å². The van der Waals surface area contributed by atoms with Crippen LogP contribution >= 0.6 is 23.2 Å². The molecule has 0 atom stereocenters. The van der Waals surface area contributed by atoms with Crippen molar-refractivity contribution in [1.29, 1.82) is 0 Å². The summed E-state index contributed by atoms with van der Waals surface area (Å²) in [6.45, 7) is 3.14.